The molecule has 0 aliphatic carbocycles. The summed E-state index contributed by atoms with van der Waals surface area (Å²) in [6.45, 7) is 2.85. The summed E-state index contributed by atoms with van der Waals surface area (Å²) in [5.74, 6) is -1.04. The summed E-state index contributed by atoms with van der Waals surface area (Å²) in [6, 6.07) is 9.95. The smallest absolute Gasteiger partial charge is 0.300 e. The molecule has 1 aromatic carbocycles. The number of ether oxygens (including phenoxy) is 1. The predicted octanol–water partition coefficient (Wildman–Crippen LogP) is 0.349. The van der Waals surface area contributed by atoms with Crippen molar-refractivity contribution in [2.45, 2.75) is 31.8 Å². The van der Waals surface area contributed by atoms with E-state index >= 15 is 0 Å². The summed E-state index contributed by atoms with van der Waals surface area (Å²) in [5, 5.41) is 13.5. The lowest BCUT2D eigenvalue weighted by Crippen LogP contribution is -2.46. The minimum Gasteiger partial charge on any atom is -0.481 e. The zero-order chi connectivity index (χ0) is 21.3. The van der Waals surface area contributed by atoms with Crippen molar-refractivity contribution in [3.63, 3.8) is 0 Å². The molecule has 0 spiro atoms. The molecule has 2 atom stereocenters. The molecule has 2 heterocycles. The van der Waals surface area contributed by atoms with Crippen LogP contribution in [0.15, 0.2) is 30.3 Å². The number of nitrogens with one attached hydrogen (secondary N) is 2. The van der Waals surface area contributed by atoms with Gasteiger partial charge in [0.2, 0.25) is 15.9 Å². The van der Waals surface area contributed by atoms with E-state index in [1.165, 1.54) is 9.87 Å². The third kappa shape index (κ3) is 7.73. The van der Waals surface area contributed by atoms with Gasteiger partial charge in [-0.25, -0.2) is 8.42 Å². The highest BCUT2D eigenvalue weighted by Gasteiger charge is 2.30. The highest BCUT2D eigenvalue weighted by Crippen LogP contribution is 2.26. The first-order chi connectivity index (χ1) is 13.8. The summed E-state index contributed by atoms with van der Waals surface area (Å²) < 4.78 is 31.1. The summed E-state index contributed by atoms with van der Waals surface area (Å²) in [5.41, 5.74) is 1.17. The van der Waals surface area contributed by atoms with Crippen molar-refractivity contribution in [1.29, 1.82) is 0 Å². The number of amides is 1. The Morgan fingerprint density at radius 2 is 1.83 bits per heavy atom. The van der Waals surface area contributed by atoms with Gasteiger partial charge >= 0.3 is 0 Å². The van der Waals surface area contributed by atoms with Crippen LogP contribution >= 0.6 is 0 Å². The van der Waals surface area contributed by atoms with Gasteiger partial charge < -0.3 is 15.2 Å². The molecule has 1 amide bonds. The second-order valence-corrected chi connectivity index (χ2v) is 8.99. The number of nitrogens with zero attached hydrogens (tertiary/aromatic N) is 1. The van der Waals surface area contributed by atoms with Gasteiger partial charge in [0.1, 0.15) is 0 Å². The summed E-state index contributed by atoms with van der Waals surface area (Å²) in [4.78, 5) is 21.3. The molecule has 2 aliphatic rings. The maximum atomic E-state index is 12.3. The zero-order valence-electron chi connectivity index (χ0n) is 16.5. The Labute approximate surface area is 171 Å². The molecule has 2 fully saturated rings. The standard InChI is InChI=1S/C17H25N3O4S.C2H4O2/c21-17(16-7-6-15(19-16)14-4-2-1-3-5-14)18-8-13-25(22,23)20-9-11-24-12-10-20;1-2(3)4/h1-5,15-16,19H,6-13H2,(H,18,21);1H3,(H,3,4)/t15-,16-;/m1./s1. The van der Waals surface area contributed by atoms with E-state index in [0.717, 1.165) is 19.8 Å². The summed E-state index contributed by atoms with van der Waals surface area (Å²) in [6.07, 6.45) is 1.65. The van der Waals surface area contributed by atoms with Crippen LogP contribution < -0.4 is 10.6 Å². The molecular formula is C19H29N3O6S. The fourth-order valence-electron chi connectivity index (χ4n) is 3.28. The minimum absolute atomic E-state index is 0.0758. The molecule has 3 rings (SSSR count). The van der Waals surface area contributed by atoms with Gasteiger partial charge in [0.25, 0.3) is 5.97 Å². The van der Waals surface area contributed by atoms with Gasteiger partial charge in [-0.1, -0.05) is 30.3 Å². The van der Waals surface area contributed by atoms with Gasteiger partial charge in [-0.3, -0.25) is 14.9 Å². The van der Waals surface area contributed by atoms with Gasteiger partial charge in [-0.15, -0.1) is 0 Å². The predicted molar refractivity (Wildman–Crippen MR) is 108 cm³/mol. The highest BCUT2D eigenvalue weighted by molar-refractivity contribution is 7.89. The molecule has 29 heavy (non-hydrogen) atoms. The SMILES string of the molecule is CC(=O)O.O=C(NCCS(=O)(=O)N1CCOCC1)[C@H]1CC[C@H](c2ccccc2)N1. The van der Waals surface area contributed by atoms with Crippen molar-refractivity contribution < 1.29 is 27.9 Å². The molecule has 0 bridgehead atoms. The number of carboxylic acid groups (broad SMARTS) is 1. The average molecular weight is 428 g/mol. The Morgan fingerprint density at radius 3 is 2.45 bits per heavy atom. The Hall–Kier alpha value is -2.01. The van der Waals surface area contributed by atoms with Crippen LogP contribution in [0.25, 0.3) is 0 Å². The first-order valence-corrected chi connectivity index (χ1v) is 11.2. The highest BCUT2D eigenvalue weighted by atomic mass is 32.2. The van der Waals surface area contributed by atoms with Gasteiger partial charge in [0.05, 0.1) is 25.0 Å². The molecule has 0 aromatic heterocycles. The van der Waals surface area contributed by atoms with E-state index < -0.39 is 16.0 Å². The molecule has 2 saturated heterocycles. The number of sulfonamides is 1. The first-order valence-electron chi connectivity index (χ1n) is 9.63. The Balaban J connectivity index is 0.000000687. The first kappa shape index (κ1) is 23.3. The quantitative estimate of drug-likeness (QED) is 0.598. The number of hydrogen-bond acceptors (Lipinski definition) is 6. The Kier molecular flexibility index (Phi) is 9.02. The molecule has 162 valence electrons. The van der Waals surface area contributed by atoms with E-state index in [9.17, 15) is 13.2 Å². The van der Waals surface area contributed by atoms with Crippen molar-refractivity contribution in [2.75, 3.05) is 38.6 Å². The number of rotatable bonds is 6. The second kappa shape index (κ2) is 11.2. The monoisotopic (exact) mass is 427 g/mol. The fraction of sp³-hybridized carbons (Fsp3) is 0.579. The van der Waals surface area contributed by atoms with Crippen LogP contribution in [-0.2, 0) is 24.3 Å². The van der Waals surface area contributed by atoms with E-state index in [4.69, 9.17) is 14.6 Å². The number of aliphatic carboxylic acids is 1. The van der Waals surface area contributed by atoms with Crippen molar-refractivity contribution in [2.24, 2.45) is 0 Å². The number of carboxylic acids is 1. The normalized spacial score (nSPS) is 22.4. The summed E-state index contributed by atoms with van der Waals surface area (Å²) in [7, 11) is -3.34. The second-order valence-electron chi connectivity index (χ2n) is 6.90. The third-order valence-corrected chi connectivity index (χ3v) is 6.56. The number of morpholine rings is 1. The molecule has 9 nitrogen and oxygen atoms in total. The van der Waals surface area contributed by atoms with E-state index in [1.54, 1.807) is 0 Å². The molecule has 0 radical (unpaired) electrons. The van der Waals surface area contributed by atoms with E-state index in [1.807, 2.05) is 30.3 Å². The minimum atomic E-state index is -3.34. The zero-order valence-corrected chi connectivity index (χ0v) is 17.4. The van der Waals surface area contributed by atoms with Crippen LogP contribution in [0.3, 0.4) is 0 Å². The summed E-state index contributed by atoms with van der Waals surface area (Å²) >= 11 is 0. The topological polar surface area (TPSA) is 125 Å². The van der Waals surface area contributed by atoms with Gasteiger partial charge in [0.15, 0.2) is 0 Å². The molecule has 3 N–H and O–H groups in total. The van der Waals surface area contributed by atoms with Crippen LogP contribution in [0.5, 0.6) is 0 Å². The maximum Gasteiger partial charge on any atom is 0.300 e. The van der Waals surface area contributed by atoms with E-state index in [0.29, 0.717) is 26.3 Å². The van der Waals surface area contributed by atoms with Gasteiger partial charge in [-0.2, -0.15) is 4.31 Å². The molecular weight excluding hydrogens is 398 g/mol. The number of benzene rings is 1. The van der Waals surface area contributed by atoms with E-state index in [-0.39, 0.29) is 30.3 Å². The van der Waals surface area contributed by atoms with Gasteiger partial charge in [-0.05, 0) is 18.4 Å². The van der Waals surface area contributed by atoms with Crippen molar-refractivity contribution >= 4 is 21.9 Å². The number of hydrogen-bond donors (Lipinski definition) is 3. The Bertz CT molecular complexity index is 761. The van der Waals surface area contributed by atoms with Crippen molar-refractivity contribution in [3.8, 4) is 0 Å². The average Bonchev–Trinajstić information content (AvgIpc) is 3.19. The van der Waals surface area contributed by atoms with Gasteiger partial charge in [0, 0.05) is 32.6 Å². The third-order valence-electron chi connectivity index (χ3n) is 4.69. The molecule has 0 unspecified atom stereocenters. The maximum absolute atomic E-state index is 12.3. The van der Waals surface area contributed by atoms with Crippen LogP contribution in [0.1, 0.15) is 31.4 Å². The number of carbonyl (C=O) groups is 2. The molecule has 0 saturated carbocycles. The molecule has 1 aromatic rings. The van der Waals surface area contributed by atoms with Crippen LogP contribution in [-0.4, -0.2) is 74.3 Å². The number of carbonyl (C=O) groups excluding carboxylic acids is 1. The molecule has 2 aliphatic heterocycles. The van der Waals surface area contributed by atoms with Crippen LogP contribution in [0.4, 0.5) is 0 Å². The van der Waals surface area contributed by atoms with Crippen molar-refractivity contribution in [1.82, 2.24) is 14.9 Å². The lowest BCUT2D eigenvalue weighted by Gasteiger charge is -2.26. The molecule has 10 heteroatoms. The van der Waals surface area contributed by atoms with E-state index in [2.05, 4.69) is 10.6 Å². The Morgan fingerprint density at radius 1 is 1.21 bits per heavy atom. The largest absolute Gasteiger partial charge is 0.481 e. The van der Waals surface area contributed by atoms with Crippen molar-refractivity contribution in [3.05, 3.63) is 35.9 Å². The fourth-order valence-corrected chi connectivity index (χ4v) is 4.60. The lowest BCUT2D eigenvalue weighted by molar-refractivity contribution is -0.134. The lowest BCUT2D eigenvalue weighted by atomic mass is 10.1. The van der Waals surface area contributed by atoms with Crippen LogP contribution in [0.2, 0.25) is 0 Å². The van der Waals surface area contributed by atoms with Crippen LogP contribution in [0, 0.1) is 0 Å².